The van der Waals surface area contributed by atoms with Crippen LogP contribution in [0.2, 0.25) is 0 Å². The van der Waals surface area contributed by atoms with Crippen LogP contribution in [0.25, 0.3) is 0 Å². The largest absolute Gasteiger partial charge is 0.309 e. The molecule has 1 rings (SSSR count). The summed E-state index contributed by atoms with van der Waals surface area (Å²) in [7, 11) is 0. The zero-order chi connectivity index (χ0) is 11.1. The molecule has 1 N–H and O–H groups in total. The van der Waals surface area contributed by atoms with Gasteiger partial charge < -0.3 is 5.32 Å². The van der Waals surface area contributed by atoms with Gasteiger partial charge in [-0.1, -0.05) is 26.7 Å². The molecular formula is C13H23NS. The van der Waals surface area contributed by atoms with Gasteiger partial charge in [-0.15, -0.1) is 11.3 Å². The highest BCUT2D eigenvalue weighted by atomic mass is 32.1. The van der Waals surface area contributed by atoms with Crippen LogP contribution in [0.3, 0.4) is 0 Å². The molecule has 1 heterocycles. The average Bonchev–Trinajstić information content (AvgIpc) is 2.65. The normalized spacial score (nSPS) is 13.0. The van der Waals surface area contributed by atoms with Crippen LogP contribution in [0.4, 0.5) is 0 Å². The summed E-state index contributed by atoms with van der Waals surface area (Å²) >= 11 is 1.93. The van der Waals surface area contributed by atoms with Crippen LogP contribution in [-0.2, 0) is 0 Å². The Bertz CT molecular complexity index is 259. The van der Waals surface area contributed by atoms with Crippen LogP contribution in [0.5, 0.6) is 0 Å². The number of hydrogen-bond donors (Lipinski definition) is 1. The Morgan fingerprint density at radius 2 is 2.07 bits per heavy atom. The molecule has 0 saturated carbocycles. The molecule has 86 valence electrons. The second kappa shape index (κ2) is 7.02. The number of hydrogen-bond acceptors (Lipinski definition) is 2. The van der Waals surface area contributed by atoms with Crippen LogP contribution in [-0.4, -0.2) is 6.54 Å². The number of unbranched alkanes of at least 4 members (excludes halogenated alkanes) is 1. The fraction of sp³-hybridized carbons (Fsp3) is 0.692. The summed E-state index contributed by atoms with van der Waals surface area (Å²) in [6, 6.07) is 5.10. The Labute approximate surface area is 97.9 Å². The molecule has 1 aromatic heterocycles. The molecule has 1 unspecified atom stereocenters. The van der Waals surface area contributed by atoms with E-state index in [4.69, 9.17) is 0 Å². The van der Waals surface area contributed by atoms with Gasteiger partial charge in [-0.05, 0) is 38.4 Å². The molecule has 1 atom stereocenters. The monoisotopic (exact) mass is 225 g/mol. The molecule has 15 heavy (non-hydrogen) atoms. The van der Waals surface area contributed by atoms with Crippen molar-refractivity contribution in [2.45, 2.75) is 52.5 Å². The van der Waals surface area contributed by atoms with Crippen molar-refractivity contribution in [2.24, 2.45) is 0 Å². The first kappa shape index (κ1) is 12.7. The van der Waals surface area contributed by atoms with Crippen molar-refractivity contribution in [3.63, 3.8) is 0 Å². The minimum atomic E-state index is 0.587. The molecule has 0 aromatic carbocycles. The molecule has 0 aliphatic heterocycles. The molecule has 0 bridgehead atoms. The van der Waals surface area contributed by atoms with Gasteiger partial charge in [0.1, 0.15) is 0 Å². The molecule has 1 aromatic rings. The molecule has 1 nitrogen and oxygen atoms in total. The lowest BCUT2D eigenvalue weighted by atomic mass is 10.1. The van der Waals surface area contributed by atoms with E-state index in [9.17, 15) is 0 Å². The van der Waals surface area contributed by atoms with Crippen molar-refractivity contribution >= 4 is 11.3 Å². The number of thiophene rings is 1. The van der Waals surface area contributed by atoms with E-state index in [0.717, 1.165) is 6.54 Å². The third-order valence-electron chi connectivity index (χ3n) is 2.59. The van der Waals surface area contributed by atoms with Crippen LogP contribution in [0.1, 0.15) is 55.3 Å². The van der Waals surface area contributed by atoms with E-state index in [-0.39, 0.29) is 0 Å². The second-order valence-electron chi connectivity index (χ2n) is 4.10. The highest BCUT2D eigenvalue weighted by Gasteiger charge is 2.11. The summed E-state index contributed by atoms with van der Waals surface area (Å²) in [4.78, 5) is 2.93. The van der Waals surface area contributed by atoms with Gasteiger partial charge in [-0.2, -0.15) is 0 Å². The molecule has 2 heteroatoms. The third-order valence-corrected chi connectivity index (χ3v) is 3.71. The van der Waals surface area contributed by atoms with Crippen LogP contribution < -0.4 is 5.32 Å². The lowest BCUT2D eigenvalue weighted by Gasteiger charge is -2.16. The molecule has 0 amide bonds. The highest BCUT2D eigenvalue weighted by molar-refractivity contribution is 7.12. The lowest BCUT2D eigenvalue weighted by molar-refractivity contribution is 0.487. The maximum atomic E-state index is 3.64. The number of rotatable bonds is 7. The van der Waals surface area contributed by atoms with Crippen molar-refractivity contribution in [2.75, 3.05) is 6.54 Å². The third kappa shape index (κ3) is 4.35. The van der Waals surface area contributed by atoms with Gasteiger partial charge in [0, 0.05) is 15.8 Å². The van der Waals surface area contributed by atoms with E-state index >= 15 is 0 Å². The maximum Gasteiger partial charge on any atom is 0.0414 e. The highest BCUT2D eigenvalue weighted by Crippen LogP contribution is 2.26. The minimum Gasteiger partial charge on any atom is -0.309 e. The Kier molecular flexibility index (Phi) is 5.96. The van der Waals surface area contributed by atoms with Crippen molar-refractivity contribution in [3.8, 4) is 0 Å². The van der Waals surface area contributed by atoms with Crippen LogP contribution in [0, 0.1) is 6.92 Å². The summed E-state index contributed by atoms with van der Waals surface area (Å²) < 4.78 is 0. The Hall–Kier alpha value is -0.340. The summed E-state index contributed by atoms with van der Waals surface area (Å²) in [5, 5.41) is 3.64. The lowest BCUT2D eigenvalue weighted by Crippen LogP contribution is -2.21. The van der Waals surface area contributed by atoms with E-state index in [1.165, 1.54) is 35.4 Å². The van der Waals surface area contributed by atoms with Crippen LogP contribution >= 0.6 is 11.3 Å². The van der Waals surface area contributed by atoms with E-state index in [1.807, 2.05) is 11.3 Å². The zero-order valence-corrected chi connectivity index (χ0v) is 11.0. The van der Waals surface area contributed by atoms with Gasteiger partial charge in [0.05, 0.1) is 0 Å². The Balaban J connectivity index is 2.54. The van der Waals surface area contributed by atoms with Crippen molar-refractivity contribution < 1.29 is 0 Å². The molecule has 0 fully saturated rings. The van der Waals surface area contributed by atoms with Crippen LogP contribution in [0.15, 0.2) is 12.1 Å². The molecular weight excluding hydrogens is 202 g/mol. The first-order chi connectivity index (χ1) is 7.27. The van der Waals surface area contributed by atoms with Crippen molar-refractivity contribution in [1.29, 1.82) is 0 Å². The SMILES string of the molecule is CCCCC(NCCC)c1ccc(C)s1. The fourth-order valence-corrected chi connectivity index (χ4v) is 2.70. The fourth-order valence-electron chi connectivity index (χ4n) is 1.71. The topological polar surface area (TPSA) is 12.0 Å². The van der Waals surface area contributed by atoms with Gasteiger partial charge >= 0.3 is 0 Å². The van der Waals surface area contributed by atoms with E-state index in [2.05, 4.69) is 38.2 Å². The summed E-state index contributed by atoms with van der Waals surface area (Å²) in [6.07, 6.45) is 5.09. The van der Waals surface area contributed by atoms with E-state index in [0.29, 0.717) is 6.04 Å². The minimum absolute atomic E-state index is 0.587. The number of aryl methyl sites for hydroxylation is 1. The first-order valence-corrected chi connectivity index (χ1v) is 6.89. The summed E-state index contributed by atoms with van der Waals surface area (Å²) in [6.45, 7) is 7.80. The van der Waals surface area contributed by atoms with Crippen molar-refractivity contribution in [3.05, 3.63) is 21.9 Å². The summed E-state index contributed by atoms with van der Waals surface area (Å²) in [5.74, 6) is 0. The van der Waals surface area contributed by atoms with E-state index in [1.54, 1.807) is 0 Å². The predicted octanol–water partition coefficient (Wildman–Crippen LogP) is 4.29. The standard InChI is InChI=1S/C13H23NS/c1-4-6-7-12(14-10-5-2)13-9-8-11(3)15-13/h8-9,12,14H,4-7,10H2,1-3H3. The predicted molar refractivity (Wildman–Crippen MR) is 69.6 cm³/mol. The smallest absolute Gasteiger partial charge is 0.0414 e. The number of nitrogens with one attached hydrogen (secondary N) is 1. The Morgan fingerprint density at radius 3 is 2.60 bits per heavy atom. The first-order valence-electron chi connectivity index (χ1n) is 6.07. The van der Waals surface area contributed by atoms with Crippen molar-refractivity contribution in [1.82, 2.24) is 5.32 Å². The Morgan fingerprint density at radius 1 is 1.27 bits per heavy atom. The van der Waals surface area contributed by atoms with Gasteiger partial charge in [0.2, 0.25) is 0 Å². The second-order valence-corrected chi connectivity index (χ2v) is 5.42. The molecule has 0 spiro atoms. The average molecular weight is 225 g/mol. The molecule has 0 radical (unpaired) electrons. The van der Waals surface area contributed by atoms with Gasteiger partial charge in [-0.25, -0.2) is 0 Å². The van der Waals surface area contributed by atoms with Gasteiger partial charge in [-0.3, -0.25) is 0 Å². The molecule has 0 saturated heterocycles. The summed E-state index contributed by atoms with van der Waals surface area (Å²) in [5.41, 5.74) is 0. The zero-order valence-electron chi connectivity index (χ0n) is 10.2. The van der Waals surface area contributed by atoms with Gasteiger partial charge in [0.15, 0.2) is 0 Å². The maximum absolute atomic E-state index is 3.64. The molecule has 0 aliphatic carbocycles. The van der Waals surface area contributed by atoms with E-state index < -0.39 is 0 Å². The van der Waals surface area contributed by atoms with Gasteiger partial charge in [0.25, 0.3) is 0 Å². The quantitative estimate of drug-likeness (QED) is 0.730. The molecule has 0 aliphatic rings.